The van der Waals surface area contributed by atoms with E-state index in [9.17, 15) is 5.11 Å². The second-order valence-corrected chi connectivity index (χ2v) is 6.11. The molecule has 92 valence electrons. The highest BCUT2D eigenvalue weighted by atomic mass is 32.1. The molecule has 2 rings (SSSR count). The van der Waals surface area contributed by atoms with Crippen molar-refractivity contribution in [3.8, 4) is 0 Å². The van der Waals surface area contributed by atoms with E-state index in [0.717, 1.165) is 15.9 Å². The molecule has 4 heteroatoms. The van der Waals surface area contributed by atoms with Crippen LogP contribution >= 0.6 is 11.5 Å². The van der Waals surface area contributed by atoms with Crippen molar-refractivity contribution >= 4 is 27.4 Å². The fourth-order valence-corrected chi connectivity index (χ4v) is 2.34. The first kappa shape index (κ1) is 12.3. The number of aliphatic hydroxyl groups is 1. The van der Waals surface area contributed by atoms with Crippen LogP contribution in [0.25, 0.3) is 10.9 Å². The van der Waals surface area contributed by atoms with Crippen molar-refractivity contribution < 1.29 is 5.11 Å². The first-order chi connectivity index (χ1) is 7.81. The van der Waals surface area contributed by atoms with E-state index in [1.54, 1.807) is 0 Å². The molecule has 0 aliphatic heterocycles. The van der Waals surface area contributed by atoms with Gasteiger partial charge in [0.05, 0.1) is 16.7 Å². The van der Waals surface area contributed by atoms with Gasteiger partial charge in [-0.1, -0.05) is 12.1 Å². The summed E-state index contributed by atoms with van der Waals surface area (Å²) in [4.78, 5) is 0. The van der Waals surface area contributed by atoms with Crippen LogP contribution in [0.4, 0.5) is 5.00 Å². The minimum atomic E-state index is -0.807. The fraction of sp³-hybridized carbons (Fsp3) is 0.462. The minimum absolute atomic E-state index is 0.414. The Morgan fingerprint density at radius 2 is 1.82 bits per heavy atom. The normalized spacial score (nSPS) is 13.0. The Morgan fingerprint density at radius 3 is 2.47 bits per heavy atom. The van der Waals surface area contributed by atoms with E-state index in [-0.39, 0.29) is 0 Å². The van der Waals surface area contributed by atoms with Crippen LogP contribution in [0, 0.1) is 0 Å². The van der Waals surface area contributed by atoms with E-state index in [0.29, 0.717) is 0 Å². The zero-order valence-corrected chi connectivity index (χ0v) is 11.4. The summed E-state index contributed by atoms with van der Waals surface area (Å²) in [5.74, 6) is 0. The topological polar surface area (TPSA) is 45.1 Å². The molecule has 0 aliphatic rings. The molecule has 0 saturated heterocycles. The summed E-state index contributed by atoms with van der Waals surface area (Å²) < 4.78 is 4.38. The van der Waals surface area contributed by atoms with Crippen molar-refractivity contribution in [3.63, 3.8) is 0 Å². The van der Waals surface area contributed by atoms with Crippen molar-refractivity contribution in [2.75, 3.05) is 5.32 Å². The Bertz CT molecular complexity index is 525. The van der Waals surface area contributed by atoms with Crippen LogP contribution in [-0.4, -0.2) is 20.6 Å². The maximum absolute atomic E-state index is 10.1. The van der Waals surface area contributed by atoms with Gasteiger partial charge in [-0.05, 0) is 51.4 Å². The Morgan fingerprint density at radius 1 is 1.18 bits per heavy atom. The van der Waals surface area contributed by atoms with Gasteiger partial charge in [0.25, 0.3) is 0 Å². The van der Waals surface area contributed by atoms with E-state index in [1.165, 1.54) is 11.5 Å². The molecular weight excluding hydrogens is 232 g/mol. The third-order valence-corrected chi connectivity index (χ3v) is 4.13. The van der Waals surface area contributed by atoms with Crippen LogP contribution in [0.2, 0.25) is 0 Å². The van der Waals surface area contributed by atoms with Crippen molar-refractivity contribution in [1.82, 2.24) is 4.37 Å². The van der Waals surface area contributed by atoms with Gasteiger partial charge >= 0.3 is 0 Å². The van der Waals surface area contributed by atoms with Crippen LogP contribution in [0.15, 0.2) is 24.3 Å². The lowest BCUT2D eigenvalue weighted by Gasteiger charge is -2.38. The number of hydrogen-bond donors (Lipinski definition) is 2. The Balaban J connectivity index is 2.37. The third-order valence-electron chi connectivity index (χ3n) is 3.34. The van der Waals surface area contributed by atoms with Crippen LogP contribution in [-0.2, 0) is 0 Å². The molecule has 3 nitrogen and oxygen atoms in total. The summed E-state index contributed by atoms with van der Waals surface area (Å²) in [5, 5.41) is 15.6. The molecule has 1 aromatic heterocycles. The largest absolute Gasteiger partial charge is 0.388 e. The Hall–Kier alpha value is -1.13. The van der Waals surface area contributed by atoms with Gasteiger partial charge in [-0.25, -0.2) is 0 Å². The first-order valence-corrected chi connectivity index (χ1v) is 6.43. The highest BCUT2D eigenvalue weighted by Gasteiger charge is 2.35. The van der Waals surface area contributed by atoms with Crippen molar-refractivity contribution in [1.29, 1.82) is 0 Å². The number of nitrogens with zero attached hydrogens (tertiary/aromatic N) is 1. The third kappa shape index (κ3) is 2.28. The second-order valence-electron chi connectivity index (χ2n) is 5.34. The fourth-order valence-electron chi connectivity index (χ4n) is 1.42. The summed E-state index contributed by atoms with van der Waals surface area (Å²) >= 11 is 1.43. The SMILES string of the molecule is CC(C)(O)C(C)(C)Nc1snc2ccccc12. The number of aromatic nitrogens is 1. The smallest absolute Gasteiger partial charge is 0.117 e. The average molecular weight is 250 g/mol. The lowest BCUT2D eigenvalue weighted by Crippen LogP contribution is -2.50. The van der Waals surface area contributed by atoms with Crippen molar-refractivity contribution in [3.05, 3.63) is 24.3 Å². The van der Waals surface area contributed by atoms with E-state index in [2.05, 4.69) is 9.69 Å². The number of nitrogens with one attached hydrogen (secondary N) is 1. The monoisotopic (exact) mass is 250 g/mol. The van der Waals surface area contributed by atoms with Gasteiger partial charge < -0.3 is 10.4 Å². The minimum Gasteiger partial charge on any atom is -0.388 e. The van der Waals surface area contributed by atoms with E-state index < -0.39 is 11.1 Å². The molecule has 0 atom stereocenters. The van der Waals surface area contributed by atoms with Gasteiger partial charge in [0.15, 0.2) is 0 Å². The predicted molar refractivity (Wildman–Crippen MR) is 73.6 cm³/mol. The summed E-state index contributed by atoms with van der Waals surface area (Å²) in [7, 11) is 0. The summed E-state index contributed by atoms with van der Waals surface area (Å²) in [6, 6.07) is 8.02. The van der Waals surface area contributed by atoms with E-state index in [1.807, 2.05) is 52.0 Å². The summed E-state index contributed by atoms with van der Waals surface area (Å²) in [6.07, 6.45) is 0. The van der Waals surface area contributed by atoms with Gasteiger partial charge in [0.1, 0.15) is 5.00 Å². The summed E-state index contributed by atoms with van der Waals surface area (Å²) in [6.45, 7) is 7.59. The number of rotatable bonds is 3. The molecule has 0 saturated carbocycles. The molecule has 1 aromatic carbocycles. The molecule has 0 aliphatic carbocycles. The lowest BCUT2D eigenvalue weighted by molar-refractivity contribution is 0.0242. The second kappa shape index (κ2) is 3.96. The van der Waals surface area contributed by atoms with Crippen molar-refractivity contribution in [2.45, 2.75) is 38.8 Å². The van der Waals surface area contributed by atoms with Gasteiger partial charge in [-0.3, -0.25) is 0 Å². The van der Waals surface area contributed by atoms with E-state index >= 15 is 0 Å². The molecule has 1 heterocycles. The number of benzene rings is 1. The molecule has 2 N–H and O–H groups in total. The van der Waals surface area contributed by atoms with Gasteiger partial charge in [-0.2, -0.15) is 4.37 Å². The molecule has 0 fully saturated rings. The average Bonchev–Trinajstić information content (AvgIpc) is 2.60. The Kier molecular flexibility index (Phi) is 2.87. The van der Waals surface area contributed by atoms with Crippen LogP contribution < -0.4 is 5.32 Å². The van der Waals surface area contributed by atoms with Gasteiger partial charge in [0.2, 0.25) is 0 Å². The first-order valence-electron chi connectivity index (χ1n) is 5.66. The summed E-state index contributed by atoms with van der Waals surface area (Å²) in [5.41, 5.74) is -0.230. The number of fused-ring (bicyclic) bond motifs is 1. The molecule has 0 radical (unpaired) electrons. The van der Waals surface area contributed by atoms with Crippen LogP contribution in [0.1, 0.15) is 27.7 Å². The van der Waals surface area contributed by atoms with E-state index in [4.69, 9.17) is 0 Å². The maximum Gasteiger partial charge on any atom is 0.117 e. The highest BCUT2D eigenvalue weighted by molar-refractivity contribution is 7.11. The molecule has 0 amide bonds. The molecule has 0 unspecified atom stereocenters. The number of hydrogen-bond acceptors (Lipinski definition) is 4. The lowest BCUT2D eigenvalue weighted by atomic mass is 9.86. The van der Waals surface area contributed by atoms with Gasteiger partial charge in [-0.15, -0.1) is 0 Å². The van der Waals surface area contributed by atoms with Crippen LogP contribution in [0.3, 0.4) is 0 Å². The molecular formula is C13H18N2OS. The van der Waals surface area contributed by atoms with Crippen molar-refractivity contribution in [2.24, 2.45) is 0 Å². The van der Waals surface area contributed by atoms with Gasteiger partial charge in [0, 0.05) is 5.39 Å². The molecule has 0 bridgehead atoms. The molecule has 17 heavy (non-hydrogen) atoms. The molecule has 2 aromatic rings. The highest BCUT2D eigenvalue weighted by Crippen LogP contribution is 2.33. The zero-order chi connectivity index (χ0) is 12.7. The standard InChI is InChI=1S/C13H18N2OS/c1-12(2,13(3,4)16)14-11-9-7-5-6-8-10(9)15-17-11/h5-8,14,16H,1-4H3. The predicted octanol–water partition coefficient (Wildman–Crippen LogP) is 3.26. The van der Waals surface area contributed by atoms with Crippen LogP contribution in [0.5, 0.6) is 0 Å². The molecule has 0 spiro atoms. The maximum atomic E-state index is 10.1. The number of anilines is 1. The zero-order valence-electron chi connectivity index (χ0n) is 10.6. The quantitative estimate of drug-likeness (QED) is 0.879. The Labute approximate surface area is 106 Å².